The molecular formula is C44H59Cl2N3O7. The topological polar surface area (TPSA) is 98.8 Å². The Morgan fingerprint density at radius 1 is 0.857 bits per heavy atom. The van der Waals surface area contributed by atoms with Crippen LogP contribution in [0.25, 0.3) is 0 Å². The molecule has 12 heteroatoms. The second kappa shape index (κ2) is 21.2. The van der Waals surface area contributed by atoms with Crippen LogP contribution >= 0.6 is 23.2 Å². The van der Waals surface area contributed by atoms with E-state index in [2.05, 4.69) is 28.4 Å². The number of methoxy groups -OCH3 is 1. The van der Waals surface area contributed by atoms with E-state index in [9.17, 15) is 9.59 Å². The zero-order valence-electron chi connectivity index (χ0n) is 33.7. The quantitative estimate of drug-likeness (QED) is 0.107. The SMILES string of the molecule is COCCCc1cc(CN(C(=O)C(CNC(=O)OC(C)(C)C)Cc2ccc(OCCOc3c(Cl)cc(C)cc3Cl)cc2)C2CC2)cc(OCCN2CCCC2)c1. The first kappa shape index (κ1) is 43.4. The number of hydrogen-bond donors (Lipinski definition) is 1. The summed E-state index contributed by atoms with van der Waals surface area (Å²) in [6, 6.07) is 17.8. The van der Waals surface area contributed by atoms with Gasteiger partial charge in [0.05, 0.1) is 16.0 Å². The van der Waals surface area contributed by atoms with Crippen LogP contribution in [0.3, 0.4) is 0 Å². The first-order valence-corrected chi connectivity index (χ1v) is 20.7. The summed E-state index contributed by atoms with van der Waals surface area (Å²) in [5.74, 6) is 1.41. The summed E-state index contributed by atoms with van der Waals surface area (Å²) in [4.78, 5) is 31.8. The summed E-state index contributed by atoms with van der Waals surface area (Å²) in [6.07, 6.45) is 6.01. The molecule has 0 bridgehead atoms. The van der Waals surface area contributed by atoms with Gasteiger partial charge in [0.15, 0.2) is 5.75 Å². The molecule has 1 heterocycles. The van der Waals surface area contributed by atoms with Crippen LogP contribution in [-0.2, 0) is 33.7 Å². The predicted molar refractivity (Wildman–Crippen MR) is 221 cm³/mol. The van der Waals surface area contributed by atoms with Gasteiger partial charge in [0, 0.05) is 39.4 Å². The van der Waals surface area contributed by atoms with E-state index >= 15 is 0 Å². The van der Waals surface area contributed by atoms with Crippen molar-refractivity contribution in [3.8, 4) is 17.2 Å². The molecule has 0 spiro atoms. The number of hydrogen-bond acceptors (Lipinski definition) is 8. The molecule has 0 radical (unpaired) electrons. The van der Waals surface area contributed by atoms with Gasteiger partial charge in [-0.1, -0.05) is 41.4 Å². The standard InChI is InChI=1S/C44H59Cl2N3O7/c1-31-23-39(45)41(40(46)24-31)55-22-21-54-37-14-10-32(11-15-37)26-35(29-47-43(51)56-44(2,3)4)42(50)49(36-12-13-36)30-34-25-33(9-8-19-52-5)27-38(28-34)53-20-18-48-16-6-7-17-48/h10-11,14-15,23-25,27-28,35-36H,6-9,12-13,16-22,26,29-30H2,1-5H3,(H,47,51). The molecule has 1 saturated carbocycles. The summed E-state index contributed by atoms with van der Waals surface area (Å²) in [7, 11) is 1.72. The van der Waals surface area contributed by atoms with Crippen molar-refractivity contribution in [1.29, 1.82) is 0 Å². The van der Waals surface area contributed by atoms with E-state index in [0.717, 1.165) is 67.8 Å². The molecule has 56 heavy (non-hydrogen) atoms. The van der Waals surface area contributed by atoms with Gasteiger partial charge in [0.1, 0.15) is 36.9 Å². The molecule has 3 aromatic carbocycles. The van der Waals surface area contributed by atoms with Crippen LogP contribution in [-0.4, -0.2) is 93.2 Å². The molecule has 1 N–H and O–H groups in total. The molecular weight excluding hydrogens is 753 g/mol. The van der Waals surface area contributed by atoms with Gasteiger partial charge in [0.25, 0.3) is 0 Å². The van der Waals surface area contributed by atoms with Crippen molar-refractivity contribution < 1.29 is 33.3 Å². The average molecular weight is 813 g/mol. The van der Waals surface area contributed by atoms with Gasteiger partial charge in [0.2, 0.25) is 5.91 Å². The largest absolute Gasteiger partial charge is 0.492 e. The van der Waals surface area contributed by atoms with Crippen LogP contribution in [0, 0.1) is 12.8 Å². The number of likely N-dealkylation sites (tertiary alicyclic amines) is 1. The first-order chi connectivity index (χ1) is 26.9. The van der Waals surface area contributed by atoms with E-state index in [1.54, 1.807) is 19.2 Å². The highest BCUT2D eigenvalue weighted by atomic mass is 35.5. The lowest BCUT2D eigenvalue weighted by Crippen LogP contribution is -2.44. The number of rotatable bonds is 21. The van der Waals surface area contributed by atoms with Crippen molar-refractivity contribution in [2.45, 2.75) is 90.8 Å². The molecule has 0 aromatic heterocycles. The molecule has 2 amide bonds. The van der Waals surface area contributed by atoms with E-state index in [1.807, 2.05) is 56.9 Å². The van der Waals surface area contributed by atoms with Crippen LogP contribution in [0.1, 0.15) is 75.1 Å². The summed E-state index contributed by atoms with van der Waals surface area (Å²) < 4.78 is 28.9. The highest BCUT2D eigenvalue weighted by Gasteiger charge is 2.36. The third-order valence-corrected chi connectivity index (χ3v) is 10.3. The van der Waals surface area contributed by atoms with Crippen molar-refractivity contribution in [2.75, 3.05) is 59.7 Å². The van der Waals surface area contributed by atoms with Gasteiger partial charge in [-0.05, 0) is 144 Å². The minimum absolute atomic E-state index is 0.00394. The molecule has 10 nitrogen and oxygen atoms in total. The van der Waals surface area contributed by atoms with Crippen LogP contribution in [0.5, 0.6) is 17.2 Å². The van der Waals surface area contributed by atoms with Crippen LogP contribution in [0.15, 0.2) is 54.6 Å². The third kappa shape index (κ3) is 14.4. The molecule has 2 fully saturated rings. The Hall–Kier alpha value is -3.70. The summed E-state index contributed by atoms with van der Waals surface area (Å²) in [5, 5.41) is 3.79. The highest BCUT2D eigenvalue weighted by Crippen LogP contribution is 2.34. The maximum atomic E-state index is 14.6. The van der Waals surface area contributed by atoms with Crippen LogP contribution in [0.2, 0.25) is 10.0 Å². The lowest BCUT2D eigenvalue weighted by Gasteiger charge is -2.29. The second-order valence-corrected chi connectivity index (χ2v) is 16.7. The van der Waals surface area contributed by atoms with E-state index in [-0.39, 0.29) is 31.7 Å². The van der Waals surface area contributed by atoms with E-state index in [1.165, 1.54) is 18.4 Å². The molecule has 1 unspecified atom stereocenters. The molecule has 5 rings (SSSR count). The lowest BCUT2D eigenvalue weighted by molar-refractivity contribution is -0.136. The number of ether oxygens (including phenoxy) is 5. The fourth-order valence-electron chi connectivity index (χ4n) is 6.87. The normalized spacial score (nSPS) is 15.0. The smallest absolute Gasteiger partial charge is 0.407 e. The summed E-state index contributed by atoms with van der Waals surface area (Å²) in [6.45, 7) is 13.0. The van der Waals surface area contributed by atoms with E-state index in [4.69, 9.17) is 46.9 Å². The second-order valence-electron chi connectivity index (χ2n) is 15.9. The number of aryl methyl sites for hydroxylation is 2. The van der Waals surface area contributed by atoms with Crippen molar-refractivity contribution in [1.82, 2.24) is 15.1 Å². The molecule has 1 aliphatic heterocycles. The first-order valence-electron chi connectivity index (χ1n) is 19.9. The molecule has 3 aromatic rings. The lowest BCUT2D eigenvalue weighted by atomic mass is 9.97. The Balaban J connectivity index is 1.26. The van der Waals surface area contributed by atoms with Crippen molar-refractivity contribution >= 4 is 35.2 Å². The molecule has 1 atom stereocenters. The van der Waals surface area contributed by atoms with Crippen LogP contribution < -0.4 is 19.5 Å². The average Bonchev–Trinajstić information content (AvgIpc) is 3.85. The van der Waals surface area contributed by atoms with Gasteiger partial charge in [-0.2, -0.15) is 0 Å². The van der Waals surface area contributed by atoms with Gasteiger partial charge in [-0.25, -0.2) is 4.79 Å². The van der Waals surface area contributed by atoms with Crippen LogP contribution in [0.4, 0.5) is 4.79 Å². The molecule has 1 aliphatic carbocycles. The number of nitrogens with one attached hydrogen (secondary N) is 1. The maximum Gasteiger partial charge on any atom is 0.407 e. The molecule has 1 saturated heterocycles. The number of carbonyl (C=O) groups excluding carboxylic acids is 2. The van der Waals surface area contributed by atoms with Gasteiger partial charge >= 0.3 is 6.09 Å². The van der Waals surface area contributed by atoms with Gasteiger partial charge in [-0.15, -0.1) is 0 Å². The Kier molecular flexibility index (Phi) is 16.4. The number of nitrogens with zero attached hydrogens (tertiary/aromatic N) is 2. The van der Waals surface area contributed by atoms with Gasteiger partial charge in [-0.3, -0.25) is 9.69 Å². The Morgan fingerprint density at radius 3 is 2.18 bits per heavy atom. The molecule has 2 aliphatic rings. The summed E-state index contributed by atoms with van der Waals surface area (Å²) >= 11 is 12.6. The van der Waals surface area contributed by atoms with E-state index in [0.29, 0.717) is 47.7 Å². The maximum absolute atomic E-state index is 14.6. The number of halogens is 2. The fourth-order valence-corrected chi connectivity index (χ4v) is 7.58. The number of amides is 2. The third-order valence-electron chi connectivity index (χ3n) is 9.73. The zero-order valence-corrected chi connectivity index (χ0v) is 35.2. The Labute approximate surface area is 343 Å². The minimum atomic E-state index is -0.661. The predicted octanol–water partition coefficient (Wildman–Crippen LogP) is 8.69. The number of alkyl carbamates (subject to hydrolysis) is 1. The number of carbonyl (C=O) groups is 2. The summed E-state index contributed by atoms with van der Waals surface area (Å²) in [5.41, 5.74) is 3.44. The Morgan fingerprint density at radius 2 is 1.52 bits per heavy atom. The van der Waals surface area contributed by atoms with Gasteiger partial charge < -0.3 is 33.9 Å². The van der Waals surface area contributed by atoms with Crippen molar-refractivity contribution in [3.63, 3.8) is 0 Å². The monoisotopic (exact) mass is 811 g/mol. The van der Waals surface area contributed by atoms with E-state index < -0.39 is 17.6 Å². The highest BCUT2D eigenvalue weighted by molar-refractivity contribution is 6.37. The van der Waals surface area contributed by atoms with Crippen molar-refractivity contribution in [3.05, 3.63) is 86.9 Å². The number of benzene rings is 3. The fraction of sp³-hybridized carbons (Fsp3) is 0.545. The zero-order chi connectivity index (χ0) is 40.1. The minimum Gasteiger partial charge on any atom is -0.492 e. The Bertz CT molecular complexity index is 1700. The molecule has 306 valence electrons. The van der Waals surface area contributed by atoms with Crippen molar-refractivity contribution in [2.24, 2.45) is 5.92 Å².